The normalized spacial score (nSPS) is 22.4. The van der Waals surface area contributed by atoms with Gasteiger partial charge in [-0.3, -0.25) is 4.90 Å². The first-order valence-electron chi connectivity index (χ1n) is 8.09. The molecule has 2 atom stereocenters. The molecule has 3 heteroatoms. The number of benzene rings is 2. The van der Waals surface area contributed by atoms with E-state index in [1.165, 1.54) is 12.0 Å². The fraction of sp³-hybridized carbons (Fsp3) is 0.368. The number of nitrogen functional groups attached to an aromatic ring is 1. The first kappa shape index (κ1) is 14.9. The number of anilines is 2. The zero-order chi connectivity index (χ0) is 15.4. The minimum Gasteiger partial charge on any atom is -0.399 e. The van der Waals surface area contributed by atoms with Crippen molar-refractivity contribution < 1.29 is 0 Å². The molecule has 3 rings (SSSR count). The molecule has 0 aromatic heterocycles. The van der Waals surface area contributed by atoms with Crippen molar-refractivity contribution in [1.82, 2.24) is 4.90 Å². The highest BCUT2D eigenvalue weighted by atomic mass is 15.1. The van der Waals surface area contributed by atoms with Crippen LogP contribution >= 0.6 is 0 Å². The highest BCUT2D eigenvalue weighted by molar-refractivity contribution is 5.54. The largest absolute Gasteiger partial charge is 0.399 e. The van der Waals surface area contributed by atoms with Crippen LogP contribution < -0.4 is 11.1 Å². The number of likely N-dealkylation sites (tertiary alicyclic amines) is 1. The number of nitrogens with zero attached hydrogens (tertiary/aromatic N) is 1. The number of nitrogens with two attached hydrogens (primary N) is 1. The number of rotatable bonds is 4. The van der Waals surface area contributed by atoms with E-state index in [4.69, 9.17) is 5.73 Å². The summed E-state index contributed by atoms with van der Waals surface area (Å²) in [5.41, 5.74) is 9.21. The second-order valence-electron chi connectivity index (χ2n) is 6.36. The zero-order valence-corrected chi connectivity index (χ0v) is 13.2. The van der Waals surface area contributed by atoms with Crippen LogP contribution in [-0.4, -0.2) is 24.0 Å². The Hall–Kier alpha value is -2.00. The maximum Gasteiger partial charge on any atom is 0.0363 e. The van der Waals surface area contributed by atoms with Crippen molar-refractivity contribution in [2.45, 2.75) is 25.9 Å². The second kappa shape index (κ2) is 6.84. The Morgan fingerprint density at radius 2 is 1.95 bits per heavy atom. The molecule has 1 aliphatic heterocycles. The molecule has 2 aromatic rings. The molecule has 1 fully saturated rings. The molecule has 3 nitrogen and oxygen atoms in total. The summed E-state index contributed by atoms with van der Waals surface area (Å²) in [6.07, 6.45) is 1.17. The Labute approximate surface area is 133 Å². The van der Waals surface area contributed by atoms with E-state index in [-0.39, 0.29) is 0 Å². The van der Waals surface area contributed by atoms with Gasteiger partial charge < -0.3 is 11.1 Å². The van der Waals surface area contributed by atoms with Crippen LogP contribution in [0.2, 0.25) is 0 Å². The first-order valence-corrected chi connectivity index (χ1v) is 8.09. The minimum absolute atomic E-state index is 0.522. The summed E-state index contributed by atoms with van der Waals surface area (Å²) in [6.45, 7) is 5.66. The third-order valence-corrected chi connectivity index (χ3v) is 4.48. The molecule has 0 unspecified atom stereocenters. The molecule has 116 valence electrons. The molecule has 0 amide bonds. The molecule has 0 aliphatic carbocycles. The van der Waals surface area contributed by atoms with Crippen molar-refractivity contribution in [3.05, 3.63) is 60.2 Å². The average Bonchev–Trinajstić information content (AvgIpc) is 2.51. The predicted octanol–water partition coefficient (Wildman–Crippen LogP) is 3.59. The van der Waals surface area contributed by atoms with Crippen LogP contribution in [0.25, 0.3) is 0 Å². The molecule has 1 aliphatic rings. The molecule has 2 aromatic carbocycles. The van der Waals surface area contributed by atoms with E-state index in [0.29, 0.717) is 12.0 Å². The fourth-order valence-electron chi connectivity index (χ4n) is 3.27. The van der Waals surface area contributed by atoms with Gasteiger partial charge in [-0.2, -0.15) is 0 Å². The number of hydrogen-bond donors (Lipinski definition) is 2. The molecule has 0 bridgehead atoms. The smallest absolute Gasteiger partial charge is 0.0363 e. The van der Waals surface area contributed by atoms with Gasteiger partial charge in [0.25, 0.3) is 0 Å². The summed E-state index contributed by atoms with van der Waals surface area (Å²) in [4.78, 5) is 2.55. The molecule has 1 saturated heterocycles. The molecular weight excluding hydrogens is 270 g/mol. The molecule has 0 spiro atoms. The fourth-order valence-corrected chi connectivity index (χ4v) is 3.27. The van der Waals surface area contributed by atoms with Crippen LogP contribution in [0.3, 0.4) is 0 Å². The molecule has 0 radical (unpaired) electrons. The predicted molar refractivity (Wildman–Crippen MR) is 93.8 cm³/mol. The third-order valence-electron chi connectivity index (χ3n) is 4.48. The quantitative estimate of drug-likeness (QED) is 0.847. The van der Waals surface area contributed by atoms with Crippen LogP contribution in [0, 0.1) is 5.92 Å². The summed E-state index contributed by atoms with van der Waals surface area (Å²) in [5.74, 6) is 0.624. The van der Waals surface area contributed by atoms with Gasteiger partial charge in [0.15, 0.2) is 0 Å². The minimum atomic E-state index is 0.522. The van der Waals surface area contributed by atoms with Gasteiger partial charge in [-0.15, -0.1) is 0 Å². The van der Waals surface area contributed by atoms with Crippen LogP contribution in [0.1, 0.15) is 18.9 Å². The lowest BCUT2D eigenvalue weighted by Crippen LogP contribution is -2.44. The Morgan fingerprint density at radius 1 is 1.14 bits per heavy atom. The topological polar surface area (TPSA) is 41.3 Å². The standard InChI is InChI=1S/C19H25N3/c1-15-13-22(14-16-6-3-2-4-7-16)11-10-19(15)21-18-9-5-8-17(20)12-18/h2-9,12,15,19,21H,10-11,13-14,20H2,1H3/t15-,19+/m0/s1. The van der Waals surface area contributed by atoms with Gasteiger partial charge in [0.05, 0.1) is 0 Å². The van der Waals surface area contributed by atoms with Crippen LogP contribution in [-0.2, 0) is 6.54 Å². The number of hydrogen-bond acceptors (Lipinski definition) is 3. The van der Waals surface area contributed by atoms with Crippen molar-refractivity contribution in [3.8, 4) is 0 Å². The summed E-state index contributed by atoms with van der Waals surface area (Å²) < 4.78 is 0. The van der Waals surface area contributed by atoms with Gasteiger partial charge in [-0.1, -0.05) is 43.3 Å². The monoisotopic (exact) mass is 295 g/mol. The van der Waals surface area contributed by atoms with Gasteiger partial charge in [0, 0.05) is 37.1 Å². The SMILES string of the molecule is C[C@H]1CN(Cc2ccccc2)CC[C@H]1Nc1cccc(N)c1. The molecule has 22 heavy (non-hydrogen) atoms. The first-order chi connectivity index (χ1) is 10.7. The summed E-state index contributed by atoms with van der Waals surface area (Å²) in [6, 6.07) is 19.3. The van der Waals surface area contributed by atoms with E-state index >= 15 is 0 Å². The van der Waals surface area contributed by atoms with Crippen molar-refractivity contribution >= 4 is 11.4 Å². The lowest BCUT2D eigenvalue weighted by atomic mass is 9.93. The zero-order valence-electron chi connectivity index (χ0n) is 13.2. The van der Waals surface area contributed by atoms with Crippen molar-refractivity contribution in [2.24, 2.45) is 5.92 Å². The van der Waals surface area contributed by atoms with E-state index < -0.39 is 0 Å². The number of nitrogens with one attached hydrogen (secondary N) is 1. The maximum atomic E-state index is 5.86. The van der Waals surface area contributed by atoms with Crippen molar-refractivity contribution in [1.29, 1.82) is 0 Å². The molecular formula is C19H25N3. The Bertz CT molecular complexity index is 597. The van der Waals surface area contributed by atoms with Crippen LogP contribution in [0.4, 0.5) is 11.4 Å². The Kier molecular flexibility index (Phi) is 4.64. The van der Waals surface area contributed by atoms with E-state index in [9.17, 15) is 0 Å². The molecule has 1 heterocycles. The van der Waals surface area contributed by atoms with E-state index in [1.807, 2.05) is 18.2 Å². The lowest BCUT2D eigenvalue weighted by molar-refractivity contribution is 0.165. The Morgan fingerprint density at radius 3 is 2.68 bits per heavy atom. The second-order valence-corrected chi connectivity index (χ2v) is 6.36. The van der Waals surface area contributed by atoms with Gasteiger partial charge >= 0.3 is 0 Å². The van der Waals surface area contributed by atoms with E-state index in [0.717, 1.165) is 31.0 Å². The maximum absolute atomic E-state index is 5.86. The summed E-state index contributed by atoms with van der Waals surface area (Å²) >= 11 is 0. The van der Waals surface area contributed by atoms with Crippen molar-refractivity contribution in [2.75, 3.05) is 24.1 Å². The van der Waals surface area contributed by atoms with E-state index in [1.54, 1.807) is 0 Å². The Balaban J connectivity index is 1.56. The van der Waals surface area contributed by atoms with Gasteiger partial charge in [-0.25, -0.2) is 0 Å². The highest BCUT2D eigenvalue weighted by Gasteiger charge is 2.25. The van der Waals surface area contributed by atoms with Crippen molar-refractivity contribution in [3.63, 3.8) is 0 Å². The highest BCUT2D eigenvalue weighted by Crippen LogP contribution is 2.23. The average molecular weight is 295 g/mol. The van der Waals surface area contributed by atoms with Gasteiger partial charge in [0.2, 0.25) is 0 Å². The van der Waals surface area contributed by atoms with E-state index in [2.05, 4.69) is 53.5 Å². The summed E-state index contributed by atoms with van der Waals surface area (Å²) in [7, 11) is 0. The van der Waals surface area contributed by atoms with Crippen LogP contribution in [0.15, 0.2) is 54.6 Å². The van der Waals surface area contributed by atoms with Gasteiger partial charge in [-0.05, 0) is 36.1 Å². The lowest BCUT2D eigenvalue weighted by Gasteiger charge is -2.37. The summed E-state index contributed by atoms with van der Waals surface area (Å²) in [5, 5.41) is 3.65. The number of piperidine rings is 1. The molecule has 3 N–H and O–H groups in total. The van der Waals surface area contributed by atoms with Crippen LogP contribution in [0.5, 0.6) is 0 Å². The van der Waals surface area contributed by atoms with Gasteiger partial charge in [0.1, 0.15) is 0 Å². The molecule has 0 saturated carbocycles. The third kappa shape index (κ3) is 3.80.